The van der Waals surface area contributed by atoms with Crippen molar-refractivity contribution in [3.05, 3.63) is 28.3 Å². The molecule has 5 heteroatoms. The molecule has 0 aromatic heterocycles. The van der Waals surface area contributed by atoms with E-state index in [-0.39, 0.29) is 34.7 Å². The minimum atomic E-state index is -0.438. The van der Waals surface area contributed by atoms with Crippen LogP contribution >= 0.6 is 0 Å². The predicted octanol–water partition coefficient (Wildman–Crippen LogP) is 4.13. The molecule has 2 aliphatic carbocycles. The van der Waals surface area contributed by atoms with Crippen molar-refractivity contribution in [2.75, 3.05) is 7.05 Å². The van der Waals surface area contributed by atoms with Crippen molar-refractivity contribution in [1.29, 1.82) is 0 Å². The standard InChI is InChI=1S/C25H33NO4/c1-13-11-15-19(22(29)26(6)21(15)28)20-16(13)12-24(5)14(2)7-8-17-23(3,4)18(27)9-10-25(17,24)30-20/h11,14,17-18,27H,7-10,12H2,1-6H3/t14-,17?,18?,24+,25?/m0/s1. The van der Waals surface area contributed by atoms with Crippen LogP contribution in [0.3, 0.4) is 0 Å². The lowest BCUT2D eigenvalue weighted by molar-refractivity contribution is -0.233. The van der Waals surface area contributed by atoms with Gasteiger partial charge in [-0.1, -0.05) is 27.7 Å². The maximum atomic E-state index is 13.0. The van der Waals surface area contributed by atoms with E-state index in [4.69, 9.17) is 4.74 Å². The number of aliphatic hydroxyl groups excluding tert-OH is 1. The van der Waals surface area contributed by atoms with Gasteiger partial charge in [0.2, 0.25) is 0 Å². The molecule has 162 valence electrons. The van der Waals surface area contributed by atoms with Gasteiger partial charge in [0.25, 0.3) is 11.8 Å². The molecule has 3 unspecified atom stereocenters. The number of aliphatic hydroxyl groups is 1. The van der Waals surface area contributed by atoms with E-state index < -0.39 is 5.60 Å². The third kappa shape index (κ3) is 2.12. The van der Waals surface area contributed by atoms with Crippen molar-refractivity contribution < 1.29 is 19.4 Å². The van der Waals surface area contributed by atoms with Gasteiger partial charge in [0.05, 0.1) is 17.2 Å². The molecule has 5 rings (SSSR count). The Morgan fingerprint density at radius 1 is 1.13 bits per heavy atom. The molecule has 4 aliphatic rings. The number of amides is 2. The summed E-state index contributed by atoms with van der Waals surface area (Å²) in [5.74, 6) is 0.798. The minimum Gasteiger partial charge on any atom is -0.485 e. The van der Waals surface area contributed by atoms with Gasteiger partial charge >= 0.3 is 0 Å². The van der Waals surface area contributed by atoms with Gasteiger partial charge in [0.15, 0.2) is 0 Å². The van der Waals surface area contributed by atoms with Gasteiger partial charge in [0.1, 0.15) is 11.4 Å². The van der Waals surface area contributed by atoms with Crippen molar-refractivity contribution in [2.24, 2.45) is 22.7 Å². The Bertz CT molecular complexity index is 982. The van der Waals surface area contributed by atoms with Gasteiger partial charge in [-0.15, -0.1) is 0 Å². The molecule has 1 spiro atoms. The molecule has 0 saturated heterocycles. The summed E-state index contributed by atoms with van der Waals surface area (Å²) in [6, 6.07) is 1.88. The first-order valence-electron chi connectivity index (χ1n) is 11.3. The van der Waals surface area contributed by atoms with Gasteiger partial charge in [-0.2, -0.15) is 0 Å². The summed E-state index contributed by atoms with van der Waals surface area (Å²) in [6.07, 6.45) is 4.09. The molecule has 2 saturated carbocycles. The molecular formula is C25H33NO4. The fourth-order valence-electron chi connectivity index (χ4n) is 7.27. The molecule has 0 radical (unpaired) electrons. The zero-order valence-corrected chi connectivity index (χ0v) is 19.0. The minimum absolute atomic E-state index is 0.0864. The molecule has 1 aromatic rings. The summed E-state index contributed by atoms with van der Waals surface area (Å²) in [4.78, 5) is 26.9. The highest BCUT2D eigenvalue weighted by Gasteiger charge is 2.68. The van der Waals surface area contributed by atoms with E-state index >= 15 is 0 Å². The van der Waals surface area contributed by atoms with Crippen LogP contribution in [-0.4, -0.2) is 40.6 Å². The van der Waals surface area contributed by atoms with Gasteiger partial charge in [-0.3, -0.25) is 14.5 Å². The van der Waals surface area contributed by atoms with E-state index in [1.54, 1.807) is 7.05 Å². The summed E-state index contributed by atoms with van der Waals surface area (Å²) in [6.45, 7) is 11.0. The SMILES string of the molecule is Cc1cc2c(c3c1C[C@]1(C)[C@@H](C)CCC4C(C)(C)C(O)CCC41O3)C(=O)N(C)C2=O. The van der Waals surface area contributed by atoms with E-state index in [0.29, 0.717) is 29.2 Å². The molecule has 1 aromatic carbocycles. The second kappa shape index (κ2) is 5.87. The molecule has 5 nitrogen and oxygen atoms in total. The van der Waals surface area contributed by atoms with E-state index in [0.717, 1.165) is 36.8 Å². The number of rotatable bonds is 0. The maximum absolute atomic E-state index is 13.0. The van der Waals surface area contributed by atoms with Crippen molar-refractivity contribution >= 4 is 11.8 Å². The third-order valence-corrected chi connectivity index (χ3v) is 9.54. The number of aryl methyl sites for hydroxylation is 1. The van der Waals surface area contributed by atoms with Crippen LogP contribution in [0.1, 0.15) is 85.2 Å². The molecule has 2 heterocycles. The number of ether oxygens (including phenoxy) is 1. The Morgan fingerprint density at radius 3 is 2.53 bits per heavy atom. The Hall–Kier alpha value is -1.88. The number of imide groups is 1. The van der Waals surface area contributed by atoms with Crippen LogP contribution in [0, 0.1) is 29.6 Å². The average molecular weight is 412 g/mol. The highest BCUT2D eigenvalue weighted by Crippen LogP contribution is 2.66. The highest BCUT2D eigenvalue weighted by molar-refractivity contribution is 6.22. The second-order valence-electron chi connectivity index (χ2n) is 11.1. The molecule has 2 aliphatic heterocycles. The topological polar surface area (TPSA) is 66.8 Å². The van der Waals surface area contributed by atoms with Crippen LogP contribution in [-0.2, 0) is 6.42 Å². The monoisotopic (exact) mass is 411 g/mol. The predicted molar refractivity (Wildman–Crippen MR) is 114 cm³/mol. The van der Waals surface area contributed by atoms with Crippen LogP contribution in [0.25, 0.3) is 0 Å². The van der Waals surface area contributed by atoms with Crippen molar-refractivity contribution in [3.8, 4) is 5.75 Å². The van der Waals surface area contributed by atoms with E-state index in [9.17, 15) is 14.7 Å². The Morgan fingerprint density at radius 2 is 1.83 bits per heavy atom. The normalized spacial score (nSPS) is 39.0. The zero-order valence-electron chi connectivity index (χ0n) is 19.0. The van der Waals surface area contributed by atoms with Gasteiger partial charge in [0, 0.05) is 18.4 Å². The summed E-state index contributed by atoms with van der Waals surface area (Å²) >= 11 is 0. The van der Waals surface area contributed by atoms with Gasteiger partial charge < -0.3 is 9.84 Å². The lowest BCUT2D eigenvalue weighted by Crippen LogP contribution is -2.70. The van der Waals surface area contributed by atoms with E-state index in [1.165, 1.54) is 4.90 Å². The lowest BCUT2D eigenvalue weighted by atomic mass is 9.43. The summed E-state index contributed by atoms with van der Waals surface area (Å²) in [7, 11) is 1.54. The summed E-state index contributed by atoms with van der Waals surface area (Å²) < 4.78 is 7.06. The van der Waals surface area contributed by atoms with Crippen LogP contribution in [0.2, 0.25) is 0 Å². The Kier molecular flexibility index (Phi) is 3.93. The molecule has 2 fully saturated rings. The molecule has 1 N–H and O–H groups in total. The van der Waals surface area contributed by atoms with Crippen molar-refractivity contribution in [3.63, 3.8) is 0 Å². The Labute approximate surface area is 178 Å². The van der Waals surface area contributed by atoms with Crippen LogP contribution in [0.4, 0.5) is 0 Å². The molecule has 2 amide bonds. The van der Waals surface area contributed by atoms with Crippen LogP contribution in [0.15, 0.2) is 6.07 Å². The van der Waals surface area contributed by atoms with E-state index in [2.05, 4.69) is 27.7 Å². The number of carbonyl (C=O) groups is 2. The maximum Gasteiger partial charge on any atom is 0.265 e. The largest absolute Gasteiger partial charge is 0.485 e. The number of hydrogen-bond donors (Lipinski definition) is 1. The number of benzene rings is 1. The number of fused-ring (bicyclic) bond motifs is 3. The molecule has 5 atom stereocenters. The lowest BCUT2D eigenvalue weighted by Gasteiger charge is -2.67. The third-order valence-electron chi connectivity index (χ3n) is 9.54. The first-order chi connectivity index (χ1) is 14.0. The number of hydrogen-bond acceptors (Lipinski definition) is 4. The fourth-order valence-corrected chi connectivity index (χ4v) is 7.27. The second-order valence-corrected chi connectivity index (χ2v) is 11.1. The smallest absolute Gasteiger partial charge is 0.265 e. The number of nitrogens with zero attached hydrogens (tertiary/aromatic N) is 1. The van der Waals surface area contributed by atoms with Crippen molar-refractivity contribution in [2.45, 2.75) is 78.4 Å². The highest BCUT2D eigenvalue weighted by atomic mass is 16.5. The Balaban J connectivity index is 1.76. The van der Waals surface area contributed by atoms with Gasteiger partial charge in [-0.05, 0) is 67.6 Å². The summed E-state index contributed by atoms with van der Waals surface area (Å²) in [5, 5.41) is 10.9. The molecule has 0 bridgehead atoms. The first kappa shape index (κ1) is 20.0. The molecular weight excluding hydrogens is 378 g/mol. The van der Waals surface area contributed by atoms with Gasteiger partial charge in [-0.25, -0.2) is 0 Å². The van der Waals surface area contributed by atoms with Crippen molar-refractivity contribution in [1.82, 2.24) is 4.90 Å². The fraction of sp³-hybridized carbons (Fsp3) is 0.680. The van der Waals surface area contributed by atoms with Crippen LogP contribution in [0.5, 0.6) is 5.75 Å². The summed E-state index contributed by atoms with van der Waals surface area (Å²) in [5.41, 5.74) is 2.23. The quantitative estimate of drug-likeness (QED) is 0.652. The van der Waals surface area contributed by atoms with Crippen LogP contribution < -0.4 is 4.74 Å². The zero-order chi connectivity index (χ0) is 21.8. The molecule has 30 heavy (non-hydrogen) atoms. The number of carbonyl (C=O) groups excluding carboxylic acids is 2. The first-order valence-corrected chi connectivity index (χ1v) is 11.3. The average Bonchev–Trinajstić information content (AvgIpc) is 2.89. The van der Waals surface area contributed by atoms with E-state index in [1.807, 2.05) is 13.0 Å².